The van der Waals surface area contributed by atoms with Crippen molar-refractivity contribution in [3.8, 4) is 0 Å². The Balaban J connectivity index is 1.59. The van der Waals surface area contributed by atoms with Crippen LogP contribution in [0.2, 0.25) is 0 Å². The number of hydrogen-bond donors (Lipinski definition) is 2. The molecule has 2 aliphatic carbocycles. The van der Waals surface area contributed by atoms with Crippen LogP contribution in [0.1, 0.15) is 63.0 Å². The van der Waals surface area contributed by atoms with Gasteiger partial charge in [0.1, 0.15) is 0 Å². The van der Waals surface area contributed by atoms with Crippen LogP contribution in [-0.4, -0.2) is 17.1 Å². The number of carbonyl (C=O) groups is 1. The second-order valence-electron chi connectivity index (χ2n) is 7.05. The summed E-state index contributed by atoms with van der Waals surface area (Å²) in [6.45, 7) is 0. The number of carboxylic acids is 1. The smallest absolute Gasteiger partial charge is 0.306 e. The van der Waals surface area contributed by atoms with Gasteiger partial charge in [0.2, 0.25) is 0 Å². The van der Waals surface area contributed by atoms with Crippen LogP contribution in [0.4, 0.5) is 0 Å². The van der Waals surface area contributed by atoms with Crippen LogP contribution in [-0.2, 0) is 4.79 Å². The van der Waals surface area contributed by atoms with E-state index in [9.17, 15) is 4.79 Å². The van der Waals surface area contributed by atoms with E-state index < -0.39 is 5.97 Å². The Morgan fingerprint density at radius 1 is 1.09 bits per heavy atom. The van der Waals surface area contributed by atoms with Gasteiger partial charge in [0.25, 0.3) is 0 Å². The molecule has 0 bridgehead atoms. The Morgan fingerprint density at radius 2 is 1.77 bits per heavy atom. The molecule has 3 heteroatoms. The van der Waals surface area contributed by atoms with Crippen molar-refractivity contribution < 1.29 is 9.90 Å². The largest absolute Gasteiger partial charge is 0.481 e. The van der Waals surface area contributed by atoms with E-state index in [1.54, 1.807) is 0 Å². The zero-order valence-corrected chi connectivity index (χ0v) is 13.2. The van der Waals surface area contributed by atoms with Crippen LogP contribution < -0.4 is 5.32 Å². The molecule has 3 nitrogen and oxygen atoms in total. The molecule has 1 unspecified atom stereocenters. The Morgan fingerprint density at radius 3 is 2.32 bits per heavy atom. The molecular formula is C19H27NO2. The van der Waals surface area contributed by atoms with Gasteiger partial charge in [0.15, 0.2) is 0 Å². The highest BCUT2D eigenvalue weighted by Crippen LogP contribution is 2.36. The minimum absolute atomic E-state index is 0.125. The highest BCUT2D eigenvalue weighted by atomic mass is 16.4. The SMILES string of the molecule is O=C(O)C1CCC(NC(CC2CCC2)c2ccccc2)CC1. The summed E-state index contributed by atoms with van der Waals surface area (Å²) in [5.74, 6) is 0.125. The Labute approximate surface area is 133 Å². The summed E-state index contributed by atoms with van der Waals surface area (Å²) in [5.41, 5.74) is 1.38. The maximum atomic E-state index is 11.1. The zero-order valence-electron chi connectivity index (χ0n) is 13.2. The van der Waals surface area contributed by atoms with Gasteiger partial charge in [-0.15, -0.1) is 0 Å². The predicted octanol–water partition coefficient (Wildman–Crippen LogP) is 4.15. The first-order valence-corrected chi connectivity index (χ1v) is 8.76. The lowest BCUT2D eigenvalue weighted by atomic mass is 9.79. The zero-order chi connectivity index (χ0) is 15.4. The van der Waals surface area contributed by atoms with Crippen molar-refractivity contribution in [2.24, 2.45) is 11.8 Å². The molecule has 0 aromatic heterocycles. The van der Waals surface area contributed by atoms with Gasteiger partial charge in [-0.2, -0.15) is 0 Å². The van der Waals surface area contributed by atoms with Crippen LogP contribution in [0.15, 0.2) is 30.3 Å². The monoisotopic (exact) mass is 301 g/mol. The first-order chi connectivity index (χ1) is 10.7. The van der Waals surface area contributed by atoms with Gasteiger partial charge in [-0.3, -0.25) is 4.79 Å². The third-order valence-corrected chi connectivity index (χ3v) is 5.51. The molecule has 2 aliphatic rings. The van der Waals surface area contributed by atoms with Crippen molar-refractivity contribution >= 4 is 5.97 Å². The molecule has 2 N–H and O–H groups in total. The minimum atomic E-state index is -0.618. The summed E-state index contributed by atoms with van der Waals surface area (Å²) in [5, 5.41) is 13.0. The molecule has 1 aromatic carbocycles. The normalized spacial score (nSPS) is 27.1. The molecule has 1 aromatic rings. The number of benzene rings is 1. The molecule has 120 valence electrons. The van der Waals surface area contributed by atoms with Gasteiger partial charge in [0, 0.05) is 12.1 Å². The van der Waals surface area contributed by atoms with Gasteiger partial charge in [-0.25, -0.2) is 0 Å². The highest BCUT2D eigenvalue weighted by molar-refractivity contribution is 5.70. The van der Waals surface area contributed by atoms with Crippen molar-refractivity contribution in [3.05, 3.63) is 35.9 Å². The lowest BCUT2D eigenvalue weighted by molar-refractivity contribution is -0.142. The summed E-state index contributed by atoms with van der Waals surface area (Å²) < 4.78 is 0. The molecule has 2 saturated carbocycles. The van der Waals surface area contributed by atoms with Gasteiger partial charge in [0.05, 0.1) is 5.92 Å². The fourth-order valence-corrected chi connectivity index (χ4v) is 3.84. The van der Waals surface area contributed by atoms with Gasteiger partial charge < -0.3 is 10.4 Å². The maximum Gasteiger partial charge on any atom is 0.306 e. The maximum absolute atomic E-state index is 11.1. The summed E-state index contributed by atoms with van der Waals surface area (Å²) in [7, 11) is 0. The van der Waals surface area contributed by atoms with E-state index in [0.29, 0.717) is 12.1 Å². The molecule has 0 aliphatic heterocycles. The molecule has 0 radical (unpaired) electrons. The molecule has 1 atom stereocenters. The van der Waals surface area contributed by atoms with Crippen LogP contribution in [0.25, 0.3) is 0 Å². The molecule has 22 heavy (non-hydrogen) atoms. The van der Waals surface area contributed by atoms with Crippen molar-refractivity contribution in [1.29, 1.82) is 0 Å². The summed E-state index contributed by atoms with van der Waals surface area (Å²) in [6.07, 6.45) is 8.97. The lowest BCUT2D eigenvalue weighted by Crippen LogP contribution is -2.38. The van der Waals surface area contributed by atoms with Crippen molar-refractivity contribution in [1.82, 2.24) is 5.32 Å². The van der Waals surface area contributed by atoms with E-state index in [0.717, 1.165) is 31.6 Å². The third kappa shape index (κ3) is 3.89. The molecular weight excluding hydrogens is 274 g/mol. The highest BCUT2D eigenvalue weighted by Gasteiger charge is 2.29. The van der Waals surface area contributed by atoms with Gasteiger partial charge in [-0.1, -0.05) is 49.6 Å². The van der Waals surface area contributed by atoms with Crippen molar-refractivity contribution in [2.75, 3.05) is 0 Å². The Bertz CT molecular complexity index is 475. The van der Waals surface area contributed by atoms with Gasteiger partial charge in [-0.05, 0) is 43.6 Å². The number of carboxylic acid groups (broad SMARTS) is 1. The average Bonchev–Trinajstić information content (AvgIpc) is 2.51. The fraction of sp³-hybridized carbons (Fsp3) is 0.632. The Kier molecular flexibility index (Phi) is 5.14. The minimum Gasteiger partial charge on any atom is -0.481 e. The Hall–Kier alpha value is -1.35. The average molecular weight is 301 g/mol. The van der Waals surface area contributed by atoms with E-state index >= 15 is 0 Å². The van der Waals surface area contributed by atoms with E-state index in [4.69, 9.17) is 5.11 Å². The predicted molar refractivity (Wildman–Crippen MR) is 87.7 cm³/mol. The van der Waals surface area contributed by atoms with E-state index in [2.05, 4.69) is 35.6 Å². The summed E-state index contributed by atoms with van der Waals surface area (Å²) in [6, 6.07) is 11.7. The second-order valence-corrected chi connectivity index (χ2v) is 7.05. The van der Waals surface area contributed by atoms with E-state index in [-0.39, 0.29) is 5.92 Å². The van der Waals surface area contributed by atoms with Gasteiger partial charge >= 0.3 is 5.97 Å². The van der Waals surface area contributed by atoms with Crippen LogP contribution in [0, 0.1) is 11.8 Å². The van der Waals surface area contributed by atoms with E-state index in [1.165, 1.54) is 31.2 Å². The van der Waals surface area contributed by atoms with Crippen LogP contribution in [0.3, 0.4) is 0 Å². The topological polar surface area (TPSA) is 49.3 Å². The van der Waals surface area contributed by atoms with Crippen molar-refractivity contribution in [2.45, 2.75) is 63.5 Å². The molecule has 0 heterocycles. The third-order valence-electron chi connectivity index (χ3n) is 5.51. The summed E-state index contributed by atoms with van der Waals surface area (Å²) >= 11 is 0. The standard InChI is InChI=1S/C19H27NO2/c21-19(22)16-9-11-17(12-10-16)20-18(13-14-5-4-6-14)15-7-2-1-3-8-15/h1-3,7-8,14,16-18,20H,4-6,9-13H2,(H,21,22). The first kappa shape index (κ1) is 15.5. The second kappa shape index (κ2) is 7.28. The molecule has 0 amide bonds. The number of hydrogen-bond acceptors (Lipinski definition) is 2. The summed E-state index contributed by atoms with van der Waals surface area (Å²) in [4.78, 5) is 11.1. The van der Waals surface area contributed by atoms with Crippen LogP contribution >= 0.6 is 0 Å². The number of aliphatic carboxylic acids is 1. The number of rotatable bonds is 6. The molecule has 2 fully saturated rings. The van der Waals surface area contributed by atoms with E-state index in [1.807, 2.05) is 0 Å². The number of nitrogens with one attached hydrogen (secondary N) is 1. The quantitative estimate of drug-likeness (QED) is 0.830. The lowest BCUT2D eigenvalue weighted by Gasteiger charge is -2.35. The van der Waals surface area contributed by atoms with Crippen LogP contribution in [0.5, 0.6) is 0 Å². The molecule has 3 rings (SSSR count). The first-order valence-electron chi connectivity index (χ1n) is 8.76. The molecule has 0 spiro atoms. The fourth-order valence-electron chi connectivity index (χ4n) is 3.84. The molecule has 0 saturated heterocycles. The van der Waals surface area contributed by atoms with Crippen molar-refractivity contribution in [3.63, 3.8) is 0 Å².